The van der Waals surface area contributed by atoms with Crippen LogP contribution in [0.25, 0.3) is 0 Å². The predicted octanol–water partition coefficient (Wildman–Crippen LogP) is 5.21. The van der Waals surface area contributed by atoms with Crippen LogP contribution in [-0.2, 0) is 6.54 Å². The Hall–Kier alpha value is -0.450. The van der Waals surface area contributed by atoms with Crippen molar-refractivity contribution in [2.75, 3.05) is 5.32 Å². The summed E-state index contributed by atoms with van der Waals surface area (Å²) in [6.45, 7) is 0.691. The van der Waals surface area contributed by atoms with E-state index in [1.165, 1.54) is 3.57 Å². The lowest BCUT2D eigenvalue weighted by Crippen LogP contribution is -1.99. The average Bonchev–Trinajstić information content (AvgIpc) is 2.30. The Labute approximate surface area is 124 Å². The van der Waals surface area contributed by atoms with Crippen molar-refractivity contribution in [3.8, 4) is 0 Å². The summed E-state index contributed by atoms with van der Waals surface area (Å²) >= 11 is 14.2. The number of halogens is 3. The van der Waals surface area contributed by atoms with Crippen molar-refractivity contribution in [1.82, 2.24) is 0 Å². The maximum absolute atomic E-state index is 6.10. The largest absolute Gasteiger partial charge is 0.381 e. The molecule has 2 rings (SSSR count). The van der Waals surface area contributed by atoms with Gasteiger partial charge in [0.1, 0.15) is 0 Å². The van der Waals surface area contributed by atoms with Crippen LogP contribution in [0, 0.1) is 3.57 Å². The monoisotopic (exact) mass is 377 g/mol. The van der Waals surface area contributed by atoms with Crippen LogP contribution in [0.2, 0.25) is 10.0 Å². The van der Waals surface area contributed by atoms with Crippen LogP contribution in [0.4, 0.5) is 5.69 Å². The van der Waals surface area contributed by atoms with Crippen molar-refractivity contribution in [3.63, 3.8) is 0 Å². The second-order valence-corrected chi connectivity index (χ2v) is 5.69. The molecule has 0 fully saturated rings. The lowest BCUT2D eigenvalue weighted by atomic mass is 10.2. The van der Waals surface area contributed by atoms with Crippen molar-refractivity contribution in [2.24, 2.45) is 0 Å². The number of hydrogen-bond donors (Lipinski definition) is 1. The van der Waals surface area contributed by atoms with Gasteiger partial charge in [0.15, 0.2) is 0 Å². The molecule has 0 saturated carbocycles. The van der Waals surface area contributed by atoms with Gasteiger partial charge in [-0.05, 0) is 64.6 Å². The predicted molar refractivity (Wildman–Crippen MR) is 82.9 cm³/mol. The van der Waals surface area contributed by atoms with Gasteiger partial charge in [-0.1, -0.05) is 29.3 Å². The second-order valence-electron chi connectivity index (χ2n) is 3.60. The van der Waals surface area contributed by atoms with Crippen LogP contribution in [0.3, 0.4) is 0 Å². The van der Waals surface area contributed by atoms with E-state index in [1.807, 2.05) is 24.3 Å². The Morgan fingerprint density at radius 1 is 1.00 bits per heavy atom. The molecule has 0 atom stereocenters. The number of nitrogens with one attached hydrogen (secondary N) is 1. The molecule has 0 heterocycles. The van der Waals surface area contributed by atoms with E-state index in [-0.39, 0.29) is 0 Å². The van der Waals surface area contributed by atoms with E-state index >= 15 is 0 Å². The van der Waals surface area contributed by atoms with E-state index in [2.05, 4.69) is 40.0 Å². The minimum Gasteiger partial charge on any atom is -0.381 e. The molecule has 17 heavy (non-hydrogen) atoms. The molecule has 1 nitrogen and oxygen atoms in total. The second kappa shape index (κ2) is 5.94. The molecular weight excluding hydrogens is 368 g/mol. The van der Waals surface area contributed by atoms with Crippen molar-refractivity contribution in [3.05, 3.63) is 61.6 Å². The summed E-state index contributed by atoms with van der Waals surface area (Å²) in [4.78, 5) is 0. The zero-order chi connectivity index (χ0) is 12.3. The zero-order valence-electron chi connectivity index (χ0n) is 8.88. The van der Waals surface area contributed by atoms with E-state index in [1.54, 1.807) is 6.07 Å². The van der Waals surface area contributed by atoms with E-state index in [0.29, 0.717) is 16.6 Å². The molecule has 0 bridgehead atoms. The smallest absolute Gasteiger partial charge is 0.0470 e. The normalized spacial score (nSPS) is 10.3. The van der Waals surface area contributed by atoms with Gasteiger partial charge in [-0.25, -0.2) is 0 Å². The molecule has 2 aromatic carbocycles. The summed E-state index contributed by atoms with van der Waals surface area (Å²) in [7, 11) is 0. The first-order valence-corrected chi connectivity index (χ1v) is 6.92. The third kappa shape index (κ3) is 3.76. The maximum Gasteiger partial charge on any atom is 0.0470 e. The zero-order valence-corrected chi connectivity index (χ0v) is 12.6. The third-order valence-corrected chi connectivity index (χ3v) is 3.65. The van der Waals surface area contributed by atoms with Gasteiger partial charge in [-0.3, -0.25) is 0 Å². The van der Waals surface area contributed by atoms with Crippen LogP contribution in [0.15, 0.2) is 42.5 Å². The fourth-order valence-corrected chi connectivity index (χ4v) is 2.26. The first-order chi connectivity index (χ1) is 8.15. The highest BCUT2D eigenvalue weighted by atomic mass is 127. The Balaban J connectivity index is 2.04. The van der Waals surface area contributed by atoms with Gasteiger partial charge < -0.3 is 5.32 Å². The molecule has 1 N–H and O–H groups in total. The molecule has 88 valence electrons. The Kier molecular flexibility index (Phi) is 4.54. The van der Waals surface area contributed by atoms with Crippen LogP contribution in [0.5, 0.6) is 0 Å². The lowest BCUT2D eigenvalue weighted by molar-refractivity contribution is 1.15. The molecule has 2 aromatic rings. The summed E-state index contributed by atoms with van der Waals surface area (Å²) in [5.41, 5.74) is 2.12. The van der Waals surface area contributed by atoms with E-state index in [0.717, 1.165) is 11.3 Å². The van der Waals surface area contributed by atoms with Crippen molar-refractivity contribution in [2.45, 2.75) is 6.54 Å². The molecule has 0 unspecified atom stereocenters. The minimum atomic E-state index is 0.660. The molecule has 0 radical (unpaired) electrons. The van der Waals surface area contributed by atoms with Gasteiger partial charge in [-0.15, -0.1) is 0 Å². The summed E-state index contributed by atoms with van der Waals surface area (Å²) < 4.78 is 1.22. The van der Waals surface area contributed by atoms with E-state index < -0.39 is 0 Å². The molecule has 0 aromatic heterocycles. The SMILES string of the molecule is Clc1ccc(CNc2ccc(I)cc2)c(Cl)c1. The van der Waals surface area contributed by atoms with Crippen molar-refractivity contribution in [1.29, 1.82) is 0 Å². The summed E-state index contributed by atoms with van der Waals surface area (Å²) in [6.07, 6.45) is 0. The molecule has 4 heteroatoms. The molecule has 0 aliphatic rings. The number of anilines is 1. The van der Waals surface area contributed by atoms with Crippen LogP contribution >= 0.6 is 45.8 Å². The van der Waals surface area contributed by atoms with Gasteiger partial charge in [0.25, 0.3) is 0 Å². The van der Waals surface area contributed by atoms with Crippen LogP contribution in [-0.4, -0.2) is 0 Å². The third-order valence-electron chi connectivity index (χ3n) is 2.34. The molecule has 0 saturated heterocycles. The number of hydrogen-bond acceptors (Lipinski definition) is 1. The Bertz CT molecular complexity index is 511. The summed E-state index contributed by atoms with van der Waals surface area (Å²) in [5.74, 6) is 0. The summed E-state index contributed by atoms with van der Waals surface area (Å²) in [6, 6.07) is 13.8. The quantitative estimate of drug-likeness (QED) is 0.724. The topological polar surface area (TPSA) is 12.0 Å². The Morgan fingerprint density at radius 3 is 2.35 bits per heavy atom. The van der Waals surface area contributed by atoms with Gasteiger partial charge in [0.05, 0.1) is 0 Å². The van der Waals surface area contributed by atoms with Crippen molar-refractivity contribution < 1.29 is 0 Å². The highest BCUT2D eigenvalue weighted by Gasteiger charge is 2.01. The lowest BCUT2D eigenvalue weighted by Gasteiger charge is -2.08. The number of rotatable bonds is 3. The number of benzene rings is 2. The molecule has 0 aliphatic heterocycles. The highest BCUT2D eigenvalue weighted by molar-refractivity contribution is 14.1. The van der Waals surface area contributed by atoms with Gasteiger partial charge in [0.2, 0.25) is 0 Å². The summed E-state index contributed by atoms with van der Waals surface area (Å²) in [5, 5.41) is 4.67. The van der Waals surface area contributed by atoms with Crippen LogP contribution < -0.4 is 5.32 Å². The molecule has 0 spiro atoms. The molecular formula is C13H10Cl2IN. The fourth-order valence-electron chi connectivity index (χ4n) is 1.43. The minimum absolute atomic E-state index is 0.660. The van der Waals surface area contributed by atoms with Crippen molar-refractivity contribution >= 4 is 51.5 Å². The molecule has 0 aliphatic carbocycles. The maximum atomic E-state index is 6.10. The molecule has 0 amide bonds. The first-order valence-electron chi connectivity index (χ1n) is 5.08. The van der Waals surface area contributed by atoms with Gasteiger partial charge in [-0.2, -0.15) is 0 Å². The van der Waals surface area contributed by atoms with Gasteiger partial charge >= 0.3 is 0 Å². The standard InChI is InChI=1S/C13H10Cl2IN/c14-10-2-1-9(13(15)7-10)8-17-12-5-3-11(16)4-6-12/h1-7,17H,8H2. The Morgan fingerprint density at radius 2 is 1.71 bits per heavy atom. The fraction of sp³-hybridized carbons (Fsp3) is 0.0769. The van der Waals surface area contributed by atoms with Gasteiger partial charge in [0, 0.05) is 25.8 Å². The first kappa shape index (κ1) is 13.0. The van der Waals surface area contributed by atoms with E-state index in [9.17, 15) is 0 Å². The van der Waals surface area contributed by atoms with Crippen LogP contribution in [0.1, 0.15) is 5.56 Å². The average molecular weight is 378 g/mol. The van der Waals surface area contributed by atoms with E-state index in [4.69, 9.17) is 23.2 Å². The highest BCUT2D eigenvalue weighted by Crippen LogP contribution is 2.22.